The summed E-state index contributed by atoms with van der Waals surface area (Å²) in [5, 5.41) is -2.18. The second-order valence-electron chi connectivity index (χ2n) is 8.80. The first-order chi connectivity index (χ1) is 8.87. The van der Waals surface area contributed by atoms with E-state index in [1.54, 1.807) is 62.3 Å². The lowest BCUT2D eigenvalue weighted by molar-refractivity contribution is 0.0301. The molecule has 0 bridgehead atoms. The molecule has 21 heavy (non-hydrogen) atoms. The average molecular weight is 355 g/mol. The molecular weight excluding hydrogens is 324 g/mol. The molecule has 0 unspecified atom stereocenters. The standard InChI is InChI=1S/C12H30O6Si3/c1-10(2,3)19(13)16-20(14,11(4,5)6)18-21(15,17-19)12(7,8)9/h13-15H,1-9H3. The fraction of sp³-hybridized carbons (Fsp3) is 1.00. The van der Waals surface area contributed by atoms with Crippen molar-refractivity contribution in [2.24, 2.45) is 0 Å². The van der Waals surface area contributed by atoms with Gasteiger partial charge in [0.25, 0.3) is 0 Å². The van der Waals surface area contributed by atoms with E-state index in [0.717, 1.165) is 0 Å². The van der Waals surface area contributed by atoms with Crippen LogP contribution in [-0.4, -0.2) is 40.8 Å². The van der Waals surface area contributed by atoms with Gasteiger partial charge < -0.3 is 26.7 Å². The fourth-order valence-electron chi connectivity index (χ4n) is 1.54. The highest BCUT2D eigenvalue weighted by molar-refractivity contribution is 6.90. The molecule has 0 aromatic rings. The molecule has 0 spiro atoms. The molecule has 1 fully saturated rings. The minimum atomic E-state index is -3.83. The molecule has 0 aromatic carbocycles. The molecule has 1 aliphatic rings. The monoisotopic (exact) mass is 354 g/mol. The van der Waals surface area contributed by atoms with Crippen LogP contribution >= 0.6 is 0 Å². The van der Waals surface area contributed by atoms with Crippen LogP contribution in [0.1, 0.15) is 62.3 Å². The summed E-state index contributed by atoms with van der Waals surface area (Å²) in [6.45, 7) is 16.0. The van der Waals surface area contributed by atoms with E-state index in [-0.39, 0.29) is 0 Å². The zero-order valence-corrected chi connectivity index (χ0v) is 17.6. The summed E-state index contributed by atoms with van der Waals surface area (Å²) in [6, 6.07) is 0. The molecule has 3 N–H and O–H groups in total. The van der Waals surface area contributed by atoms with E-state index >= 15 is 0 Å². The lowest BCUT2D eigenvalue weighted by Crippen LogP contribution is -2.77. The minimum absolute atomic E-state index is 0.727. The quantitative estimate of drug-likeness (QED) is 0.578. The van der Waals surface area contributed by atoms with Gasteiger partial charge in [-0.3, -0.25) is 0 Å². The topological polar surface area (TPSA) is 88.4 Å². The predicted molar refractivity (Wildman–Crippen MR) is 86.3 cm³/mol. The van der Waals surface area contributed by atoms with Gasteiger partial charge in [-0.25, -0.2) is 0 Å². The van der Waals surface area contributed by atoms with Crippen LogP contribution in [-0.2, 0) is 12.3 Å². The molecule has 0 aromatic heterocycles. The van der Waals surface area contributed by atoms with Gasteiger partial charge in [0.1, 0.15) is 0 Å². The summed E-state index contributed by atoms with van der Waals surface area (Å²) >= 11 is 0. The highest BCUT2D eigenvalue weighted by atomic mass is 28.5. The van der Waals surface area contributed by atoms with Crippen molar-refractivity contribution in [3.05, 3.63) is 0 Å². The Morgan fingerprint density at radius 3 is 0.714 bits per heavy atom. The van der Waals surface area contributed by atoms with Gasteiger partial charge in [0, 0.05) is 15.1 Å². The van der Waals surface area contributed by atoms with Crippen molar-refractivity contribution in [2.75, 3.05) is 0 Å². The summed E-state index contributed by atoms with van der Waals surface area (Å²) < 4.78 is 17.1. The van der Waals surface area contributed by atoms with Crippen molar-refractivity contribution in [3.8, 4) is 0 Å². The third-order valence-corrected chi connectivity index (χ3v) is 16.0. The van der Waals surface area contributed by atoms with Gasteiger partial charge in [0.05, 0.1) is 0 Å². The zero-order valence-electron chi connectivity index (χ0n) is 14.6. The van der Waals surface area contributed by atoms with Crippen molar-refractivity contribution in [1.82, 2.24) is 0 Å². The van der Waals surface area contributed by atoms with Crippen molar-refractivity contribution < 1.29 is 26.7 Å². The Bertz CT molecular complexity index is 339. The first-order valence-corrected chi connectivity index (χ1v) is 12.4. The number of rotatable bonds is 0. The number of hydrogen-bond donors (Lipinski definition) is 3. The molecule has 0 radical (unpaired) electrons. The first kappa shape index (κ1) is 19.5. The minimum Gasteiger partial charge on any atom is -0.390 e. The van der Waals surface area contributed by atoms with Crippen LogP contribution in [0.3, 0.4) is 0 Å². The van der Waals surface area contributed by atoms with Gasteiger partial charge in [0.15, 0.2) is 0 Å². The third-order valence-electron chi connectivity index (χ3n) is 3.67. The third kappa shape index (κ3) is 3.35. The highest BCUT2D eigenvalue weighted by Gasteiger charge is 2.73. The van der Waals surface area contributed by atoms with E-state index in [4.69, 9.17) is 12.3 Å². The molecule has 0 aliphatic carbocycles. The summed E-state index contributed by atoms with van der Waals surface area (Å²) in [7, 11) is -11.5. The molecule has 1 saturated heterocycles. The maximum absolute atomic E-state index is 11.0. The summed E-state index contributed by atoms with van der Waals surface area (Å²) in [6.07, 6.45) is 0. The lowest BCUT2D eigenvalue weighted by Gasteiger charge is -2.54. The van der Waals surface area contributed by atoms with Crippen LogP contribution in [0, 0.1) is 0 Å². The van der Waals surface area contributed by atoms with Crippen molar-refractivity contribution in [2.45, 2.75) is 77.4 Å². The van der Waals surface area contributed by atoms with Crippen molar-refractivity contribution in [1.29, 1.82) is 0 Å². The molecule has 126 valence electrons. The first-order valence-electron chi connectivity index (χ1n) is 7.15. The van der Waals surface area contributed by atoms with E-state index in [1.165, 1.54) is 0 Å². The van der Waals surface area contributed by atoms with Crippen molar-refractivity contribution in [3.63, 3.8) is 0 Å². The van der Waals surface area contributed by atoms with Crippen molar-refractivity contribution >= 4 is 26.4 Å². The molecule has 1 rings (SSSR count). The van der Waals surface area contributed by atoms with Gasteiger partial charge in [-0.15, -0.1) is 0 Å². The molecule has 0 saturated carbocycles. The van der Waals surface area contributed by atoms with Gasteiger partial charge >= 0.3 is 26.4 Å². The van der Waals surface area contributed by atoms with Crippen LogP contribution < -0.4 is 0 Å². The van der Waals surface area contributed by atoms with Crippen LogP contribution in [0.15, 0.2) is 0 Å². The molecule has 9 heteroatoms. The molecule has 0 amide bonds. The molecule has 6 nitrogen and oxygen atoms in total. The average Bonchev–Trinajstić information content (AvgIpc) is 2.09. The van der Waals surface area contributed by atoms with Gasteiger partial charge in [-0.1, -0.05) is 62.3 Å². The smallest absolute Gasteiger partial charge is 0.390 e. The Morgan fingerprint density at radius 1 is 0.476 bits per heavy atom. The second-order valence-corrected chi connectivity index (χ2v) is 19.2. The van der Waals surface area contributed by atoms with E-state index < -0.39 is 41.5 Å². The van der Waals surface area contributed by atoms with Crippen LogP contribution in [0.4, 0.5) is 0 Å². The second kappa shape index (κ2) is 4.95. The van der Waals surface area contributed by atoms with E-state index in [1.807, 2.05) is 0 Å². The SMILES string of the molecule is CC(C)(C)[Si]1(O)O[Si](O)(C(C)(C)C)O[Si](O)(C(C)(C)C)O1. The lowest BCUT2D eigenvalue weighted by atomic mass is 10.3. The van der Waals surface area contributed by atoms with E-state index in [0.29, 0.717) is 0 Å². The highest BCUT2D eigenvalue weighted by Crippen LogP contribution is 2.52. The van der Waals surface area contributed by atoms with Gasteiger partial charge in [-0.05, 0) is 0 Å². The summed E-state index contributed by atoms with van der Waals surface area (Å²) in [5.41, 5.74) is 0. The van der Waals surface area contributed by atoms with E-state index in [9.17, 15) is 14.4 Å². The number of hydrogen-bond acceptors (Lipinski definition) is 6. The van der Waals surface area contributed by atoms with Crippen LogP contribution in [0.25, 0.3) is 0 Å². The predicted octanol–water partition coefficient (Wildman–Crippen LogP) is 2.24. The fourth-order valence-corrected chi connectivity index (χ4v) is 15.0. The molecule has 1 aliphatic heterocycles. The largest absolute Gasteiger partial charge is 0.489 e. The molecule has 1 heterocycles. The Kier molecular flexibility index (Phi) is 4.59. The Morgan fingerprint density at radius 2 is 0.619 bits per heavy atom. The molecule has 0 atom stereocenters. The maximum Gasteiger partial charge on any atom is 0.489 e. The summed E-state index contributed by atoms with van der Waals surface area (Å²) in [5.74, 6) is 0. The Labute approximate surface area is 131 Å². The normalized spacial score (nSPS) is 39.4. The van der Waals surface area contributed by atoms with Crippen LogP contribution in [0.2, 0.25) is 15.1 Å². The maximum atomic E-state index is 11.0. The zero-order chi connectivity index (χ0) is 17.1. The summed E-state index contributed by atoms with van der Waals surface area (Å²) in [4.78, 5) is 32.9. The molecular formula is C12H30O6Si3. The Balaban J connectivity index is 3.44. The van der Waals surface area contributed by atoms with Crippen LogP contribution in [0.5, 0.6) is 0 Å². The van der Waals surface area contributed by atoms with E-state index in [2.05, 4.69) is 0 Å². The Hall–Kier alpha value is 0.411. The van der Waals surface area contributed by atoms with Gasteiger partial charge in [0.2, 0.25) is 0 Å². The van der Waals surface area contributed by atoms with Gasteiger partial charge in [-0.2, -0.15) is 0 Å².